The van der Waals surface area contributed by atoms with Crippen LogP contribution in [0.25, 0.3) is 0 Å². The van der Waals surface area contributed by atoms with Crippen LogP contribution < -0.4 is 4.74 Å². The topological polar surface area (TPSA) is 53.0 Å². The predicted molar refractivity (Wildman–Crippen MR) is 111 cm³/mol. The van der Waals surface area contributed by atoms with Gasteiger partial charge in [0.05, 0.1) is 6.54 Å². The summed E-state index contributed by atoms with van der Waals surface area (Å²) < 4.78 is 5.61. The Morgan fingerprint density at radius 2 is 1.54 bits per heavy atom. The van der Waals surface area contributed by atoms with Crippen LogP contribution in [0.2, 0.25) is 0 Å². The third-order valence-electron chi connectivity index (χ3n) is 5.05. The first-order chi connectivity index (χ1) is 13.7. The molecule has 5 heteroatoms. The predicted octanol–water partition coefficient (Wildman–Crippen LogP) is 2.25. The van der Waals surface area contributed by atoms with E-state index in [9.17, 15) is 9.90 Å². The third kappa shape index (κ3) is 7.08. The first-order valence-corrected chi connectivity index (χ1v) is 10.1. The Morgan fingerprint density at radius 1 is 0.929 bits per heavy atom. The Kier molecular flexibility index (Phi) is 8.03. The fraction of sp³-hybridized carbons (Fsp3) is 0.435. The highest BCUT2D eigenvalue weighted by molar-refractivity contribution is 5.80. The normalized spacial score (nSPS) is 16.6. The lowest BCUT2D eigenvalue weighted by molar-refractivity contribution is -0.120. The quantitative estimate of drug-likeness (QED) is 0.683. The molecule has 28 heavy (non-hydrogen) atoms. The van der Waals surface area contributed by atoms with Crippen LogP contribution in [0.3, 0.4) is 0 Å². The Morgan fingerprint density at radius 3 is 2.21 bits per heavy atom. The summed E-state index contributed by atoms with van der Waals surface area (Å²) in [5.41, 5.74) is 1.22. The number of β-amino-alcohol motifs (C(OH)–C–C–N with tert-alkyl or cyclic N) is 1. The van der Waals surface area contributed by atoms with Crippen LogP contribution in [0.5, 0.6) is 5.75 Å². The molecule has 2 aromatic carbocycles. The minimum atomic E-state index is -0.515. The highest BCUT2D eigenvalue weighted by Crippen LogP contribution is 2.10. The van der Waals surface area contributed by atoms with Gasteiger partial charge in [-0.15, -0.1) is 0 Å². The molecule has 5 nitrogen and oxygen atoms in total. The van der Waals surface area contributed by atoms with Gasteiger partial charge in [0.2, 0.25) is 0 Å². The van der Waals surface area contributed by atoms with E-state index in [2.05, 4.69) is 21.9 Å². The fourth-order valence-corrected chi connectivity index (χ4v) is 3.45. The number of aliphatic hydroxyl groups excluding tert-OH is 1. The lowest BCUT2D eigenvalue weighted by atomic mass is 10.1. The van der Waals surface area contributed by atoms with Crippen molar-refractivity contribution in [2.75, 3.05) is 45.9 Å². The Bertz CT molecular complexity index is 700. The van der Waals surface area contributed by atoms with Crippen LogP contribution in [-0.4, -0.2) is 72.7 Å². The average Bonchev–Trinajstić information content (AvgIpc) is 2.74. The van der Waals surface area contributed by atoms with Crippen LogP contribution in [0.15, 0.2) is 60.7 Å². The van der Waals surface area contributed by atoms with Crippen molar-refractivity contribution in [3.05, 3.63) is 66.2 Å². The fourth-order valence-electron chi connectivity index (χ4n) is 3.45. The van der Waals surface area contributed by atoms with E-state index in [4.69, 9.17) is 4.74 Å². The maximum absolute atomic E-state index is 12.3. The lowest BCUT2D eigenvalue weighted by Crippen LogP contribution is -2.50. The van der Waals surface area contributed by atoms with Gasteiger partial charge in [0.25, 0.3) is 0 Å². The van der Waals surface area contributed by atoms with Crippen LogP contribution in [-0.2, 0) is 11.2 Å². The molecule has 0 amide bonds. The molecule has 0 saturated carbocycles. The number of hydrogen-bond acceptors (Lipinski definition) is 5. The van der Waals surface area contributed by atoms with Gasteiger partial charge in [-0.05, 0) is 24.1 Å². The molecular formula is C23H30N2O3. The van der Waals surface area contributed by atoms with E-state index in [0.717, 1.165) is 38.3 Å². The number of ketones is 1. The first kappa shape index (κ1) is 20.5. The Balaban J connectivity index is 1.30. The zero-order valence-electron chi connectivity index (χ0n) is 16.4. The van der Waals surface area contributed by atoms with Gasteiger partial charge in [-0.1, -0.05) is 48.5 Å². The zero-order valence-corrected chi connectivity index (χ0v) is 16.4. The molecule has 1 atom stereocenters. The summed E-state index contributed by atoms with van der Waals surface area (Å²) in [6.45, 7) is 4.89. The van der Waals surface area contributed by atoms with E-state index < -0.39 is 6.10 Å². The molecule has 0 spiro atoms. The molecule has 1 saturated heterocycles. The molecule has 0 bridgehead atoms. The SMILES string of the molecule is O=C(CCc1ccccc1)CN1CCN(C[C@H](O)COc2ccccc2)CC1. The van der Waals surface area contributed by atoms with Gasteiger partial charge in [0.15, 0.2) is 0 Å². The highest BCUT2D eigenvalue weighted by Gasteiger charge is 2.21. The number of Topliss-reactive ketones (excluding diaryl/α,β-unsaturated/α-hetero) is 1. The molecule has 1 heterocycles. The Labute approximate surface area is 167 Å². The second kappa shape index (κ2) is 11.0. The van der Waals surface area contributed by atoms with E-state index >= 15 is 0 Å². The van der Waals surface area contributed by atoms with Gasteiger partial charge < -0.3 is 9.84 Å². The molecule has 2 aromatic rings. The summed E-state index contributed by atoms with van der Waals surface area (Å²) in [4.78, 5) is 16.7. The summed E-state index contributed by atoms with van der Waals surface area (Å²) in [5, 5.41) is 10.2. The number of benzene rings is 2. The van der Waals surface area contributed by atoms with Crippen LogP contribution in [0.1, 0.15) is 12.0 Å². The summed E-state index contributed by atoms with van der Waals surface area (Å²) in [7, 11) is 0. The van der Waals surface area contributed by atoms with E-state index in [0.29, 0.717) is 31.9 Å². The van der Waals surface area contributed by atoms with Crippen LogP contribution >= 0.6 is 0 Å². The van der Waals surface area contributed by atoms with Gasteiger partial charge in [0.1, 0.15) is 24.2 Å². The molecule has 0 unspecified atom stereocenters. The number of hydrogen-bond donors (Lipinski definition) is 1. The summed E-state index contributed by atoms with van der Waals surface area (Å²) in [5.74, 6) is 1.08. The summed E-state index contributed by atoms with van der Waals surface area (Å²) >= 11 is 0. The maximum Gasteiger partial charge on any atom is 0.147 e. The van der Waals surface area contributed by atoms with Gasteiger partial charge >= 0.3 is 0 Å². The van der Waals surface area contributed by atoms with Crippen molar-refractivity contribution < 1.29 is 14.6 Å². The number of aryl methyl sites for hydroxylation is 1. The second-order valence-corrected chi connectivity index (χ2v) is 7.38. The maximum atomic E-state index is 12.3. The van der Waals surface area contributed by atoms with E-state index in [-0.39, 0.29) is 0 Å². The van der Waals surface area contributed by atoms with Crippen molar-refractivity contribution in [2.24, 2.45) is 0 Å². The molecule has 3 rings (SSSR count). The molecule has 1 N–H and O–H groups in total. The molecule has 1 aliphatic rings. The molecule has 150 valence electrons. The molecule has 1 fully saturated rings. The van der Waals surface area contributed by atoms with Crippen LogP contribution in [0, 0.1) is 0 Å². The number of para-hydroxylation sites is 1. The van der Waals surface area contributed by atoms with Crippen molar-refractivity contribution in [1.82, 2.24) is 9.80 Å². The zero-order chi connectivity index (χ0) is 19.6. The molecule has 0 radical (unpaired) electrons. The number of rotatable bonds is 10. The smallest absolute Gasteiger partial charge is 0.147 e. The van der Waals surface area contributed by atoms with Crippen LogP contribution in [0.4, 0.5) is 0 Å². The minimum absolute atomic E-state index is 0.294. The molecule has 0 aliphatic carbocycles. The molecule has 1 aliphatic heterocycles. The van der Waals surface area contributed by atoms with Gasteiger partial charge in [-0.25, -0.2) is 0 Å². The van der Waals surface area contributed by atoms with Crippen molar-refractivity contribution in [1.29, 1.82) is 0 Å². The number of ether oxygens (including phenoxy) is 1. The summed E-state index contributed by atoms with van der Waals surface area (Å²) in [6, 6.07) is 19.7. The minimum Gasteiger partial charge on any atom is -0.491 e. The number of aliphatic hydroxyl groups is 1. The van der Waals surface area contributed by atoms with Gasteiger partial charge in [-0.3, -0.25) is 14.6 Å². The third-order valence-corrected chi connectivity index (χ3v) is 5.05. The van der Waals surface area contributed by atoms with Gasteiger partial charge in [0, 0.05) is 39.1 Å². The largest absolute Gasteiger partial charge is 0.491 e. The number of piperazine rings is 1. The lowest BCUT2D eigenvalue weighted by Gasteiger charge is -2.35. The van der Waals surface area contributed by atoms with Crippen molar-refractivity contribution >= 4 is 5.78 Å². The van der Waals surface area contributed by atoms with Gasteiger partial charge in [-0.2, -0.15) is 0 Å². The molecular weight excluding hydrogens is 352 g/mol. The first-order valence-electron chi connectivity index (χ1n) is 10.1. The average molecular weight is 383 g/mol. The number of carbonyl (C=O) groups excluding carboxylic acids is 1. The molecule has 0 aromatic heterocycles. The van der Waals surface area contributed by atoms with E-state index in [1.54, 1.807) is 0 Å². The Hall–Kier alpha value is -2.21. The monoisotopic (exact) mass is 382 g/mol. The van der Waals surface area contributed by atoms with Crippen molar-refractivity contribution in [3.63, 3.8) is 0 Å². The number of carbonyl (C=O) groups is 1. The standard InChI is InChI=1S/C23H30N2O3/c26-21(12-11-20-7-3-1-4-8-20)17-24-13-15-25(16-14-24)18-22(27)19-28-23-9-5-2-6-10-23/h1-10,22,27H,11-19H2/t22-/m0/s1. The highest BCUT2D eigenvalue weighted by atomic mass is 16.5. The van der Waals surface area contributed by atoms with Crippen molar-refractivity contribution in [2.45, 2.75) is 18.9 Å². The van der Waals surface area contributed by atoms with Crippen molar-refractivity contribution in [3.8, 4) is 5.75 Å². The van der Waals surface area contributed by atoms with E-state index in [1.807, 2.05) is 48.5 Å². The van der Waals surface area contributed by atoms with E-state index in [1.165, 1.54) is 5.56 Å². The number of nitrogens with zero attached hydrogens (tertiary/aromatic N) is 2. The summed E-state index contributed by atoms with van der Waals surface area (Å²) in [6.07, 6.45) is 0.895. The second-order valence-electron chi connectivity index (χ2n) is 7.38.